The molecule has 2 heterocycles. The topological polar surface area (TPSA) is 69.9 Å². The average molecular weight is 297 g/mol. The highest BCUT2D eigenvalue weighted by atomic mass is 79.9. The summed E-state index contributed by atoms with van der Waals surface area (Å²) in [7, 11) is 0. The van der Waals surface area contributed by atoms with Crippen LogP contribution in [0, 0.1) is 0 Å². The Balaban J connectivity index is 2.48. The number of halogens is 1. The minimum Gasteiger partial charge on any atom is -0.448 e. The summed E-state index contributed by atoms with van der Waals surface area (Å²) in [5.41, 5.74) is 8.16. The van der Waals surface area contributed by atoms with Crippen LogP contribution in [-0.2, 0) is 13.1 Å². The zero-order valence-corrected chi connectivity index (χ0v) is 11.1. The lowest BCUT2D eigenvalue weighted by molar-refractivity contribution is 0.542. The molecular weight excluding hydrogens is 284 g/mol. The number of nitrogens with two attached hydrogens (primary N) is 1. The van der Waals surface area contributed by atoms with Crippen LogP contribution in [0.1, 0.15) is 12.6 Å². The second-order valence-electron chi connectivity index (χ2n) is 3.81. The van der Waals surface area contributed by atoms with E-state index in [4.69, 9.17) is 10.2 Å². The summed E-state index contributed by atoms with van der Waals surface area (Å²) in [5, 5.41) is 8.11. The SMILES string of the molecule is C=C(C)Cn1nnc(CN)c1-c1ccc(Br)o1. The van der Waals surface area contributed by atoms with Gasteiger partial charge in [0.25, 0.3) is 0 Å². The minimum atomic E-state index is 0.323. The lowest BCUT2D eigenvalue weighted by atomic mass is 10.2. The van der Waals surface area contributed by atoms with Gasteiger partial charge in [0.15, 0.2) is 10.4 Å². The Hall–Kier alpha value is -1.40. The molecule has 0 aliphatic heterocycles. The Morgan fingerprint density at radius 2 is 2.35 bits per heavy atom. The standard InChI is InChI=1S/C11H13BrN4O/c1-7(2)6-16-11(8(5-13)14-15-16)9-3-4-10(12)17-9/h3-4H,1,5-6,13H2,2H3. The molecule has 0 aliphatic carbocycles. The van der Waals surface area contributed by atoms with Gasteiger partial charge < -0.3 is 10.2 Å². The van der Waals surface area contributed by atoms with Crippen molar-refractivity contribution in [2.75, 3.05) is 0 Å². The Labute approximate surface area is 107 Å². The van der Waals surface area contributed by atoms with E-state index in [1.807, 2.05) is 19.1 Å². The van der Waals surface area contributed by atoms with Crippen molar-refractivity contribution in [1.82, 2.24) is 15.0 Å². The average Bonchev–Trinajstić information content (AvgIpc) is 2.83. The van der Waals surface area contributed by atoms with E-state index in [0.29, 0.717) is 29.2 Å². The molecular formula is C11H13BrN4O. The molecule has 0 amide bonds. The molecule has 0 atom stereocenters. The second-order valence-corrected chi connectivity index (χ2v) is 4.59. The molecule has 2 rings (SSSR count). The summed E-state index contributed by atoms with van der Waals surface area (Å²) >= 11 is 3.27. The Morgan fingerprint density at radius 3 is 2.88 bits per heavy atom. The van der Waals surface area contributed by atoms with Gasteiger partial charge in [0.05, 0.1) is 6.54 Å². The molecule has 17 heavy (non-hydrogen) atoms. The van der Waals surface area contributed by atoms with Gasteiger partial charge in [-0.25, -0.2) is 4.68 Å². The number of nitrogens with zero attached hydrogens (tertiary/aromatic N) is 3. The number of furan rings is 1. The lowest BCUT2D eigenvalue weighted by Crippen LogP contribution is -2.04. The van der Waals surface area contributed by atoms with Crippen LogP contribution < -0.4 is 5.73 Å². The first-order valence-electron chi connectivity index (χ1n) is 5.14. The molecule has 5 nitrogen and oxygen atoms in total. The van der Waals surface area contributed by atoms with Crippen molar-refractivity contribution in [3.8, 4) is 11.5 Å². The summed E-state index contributed by atoms with van der Waals surface area (Å²) in [6.07, 6.45) is 0. The number of hydrogen-bond donors (Lipinski definition) is 1. The number of rotatable bonds is 4. The zero-order valence-electron chi connectivity index (χ0n) is 9.48. The normalized spacial score (nSPS) is 10.8. The van der Waals surface area contributed by atoms with Crippen LogP contribution in [0.3, 0.4) is 0 Å². The number of hydrogen-bond acceptors (Lipinski definition) is 4. The van der Waals surface area contributed by atoms with Crippen molar-refractivity contribution in [2.24, 2.45) is 5.73 Å². The zero-order chi connectivity index (χ0) is 12.4. The van der Waals surface area contributed by atoms with Gasteiger partial charge >= 0.3 is 0 Å². The summed E-state index contributed by atoms with van der Waals surface area (Å²) < 4.78 is 7.93. The van der Waals surface area contributed by atoms with E-state index < -0.39 is 0 Å². The summed E-state index contributed by atoms with van der Waals surface area (Å²) in [6.45, 7) is 6.72. The Bertz CT molecular complexity index is 543. The number of aromatic nitrogens is 3. The molecule has 0 fully saturated rings. The van der Waals surface area contributed by atoms with E-state index in [0.717, 1.165) is 11.3 Å². The van der Waals surface area contributed by atoms with Crippen LogP contribution in [0.4, 0.5) is 0 Å². The molecule has 0 aliphatic rings. The summed E-state index contributed by atoms with van der Waals surface area (Å²) in [4.78, 5) is 0. The quantitative estimate of drug-likeness (QED) is 0.879. The van der Waals surface area contributed by atoms with E-state index in [1.165, 1.54) is 0 Å². The van der Waals surface area contributed by atoms with E-state index in [1.54, 1.807) is 4.68 Å². The molecule has 2 aromatic heterocycles. The fourth-order valence-electron chi connectivity index (χ4n) is 1.56. The molecule has 0 radical (unpaired) electrons. The van der Waals surface area contributed by atoms with Gasteiger partial charge in [0.2, 0.25) is 0 Å². The monoisotopic (exact) mass is 296 g/mol. The molecule has 2 aromatic rings. The first kappa shape index (κ1) is 12.1. The largest absolute Gasteiger partial charge is 0.448 e. The maximum absolute atomic E-state index is 5.65. The van der Waals surface area contributed by atoms with Gasteiger partial charge in [-0.05, 0) is 35.0 Å². The molecule has 0 aromatic carbocycles. The van der Waals surface area contributed by atoms with Crippen LogP contribution in [0.5, 0.6) is 0 Å². The van der Waals surface area contributed by atoms with Crippen molar-refractivity contribution in [3.63, 3.8) is 0 Å². The van der Waals surface area contributed by atoms with Crippen molar-refractivity contribution in [3.05, 3.63) is 34.6 Å². The molecule has 0 saturated carbocycles. The molecule has 0 bridgehead atoms. The van der Waals surface area contributed by atoms with Gasteiger partial charge in [0.1, 0.15) is 11.4 Å². The van der Waals surface area contributed by atoms with E-state index in [2.05, 4.69) is 32.8 Å². The first-order chi connectivity index (χ1) is 8.11. The van der Waals surface area contributed by atoms with Gasteiger partial charge in [0, 0.05) is 6.54 Å². The Morgan fingerprint density at radius 1 is 1.59 bits per heavy atom. The van der Waals surface area contributed by atoms with Crippen LogP contribution in [-0.4, -0.2) is 15.0 Å². The second kappa shape index (κ2) is 4.85. The molecule has 0 saturated heterocycles. The third-order valence-corrected chi connectivity index (χ3v) is 2.65. The van der Waals surface area contributed by atoms with Crippen LogP contribution in [0.2, 0.25) is 0 Å². The summed E-state index contributed by atoms with van der Waals surface area (Å²) in [5.74, 6) is 0.698. The summed E-state index contributed by atoms with van der Waals surface area (Å²) in [6, 6.07) is 3.69. The lowest BCUT2D eigenvalue weighted by Gasteiger charge is -2.04. The van der Waals surface area contributed by atoms with E-state index in [-0.39, 0.29) is 0 Å². The van der Waals surface area contributed by atoms with Crippen molar-refractivity contribution in [2.45, 2.75) is 20.0 Å². The maximum Gasteiger partial charge on any atom is 0.169 e. The predicted molar refractivity (Wildman–Crippen MR) is 68.1 cm³/mol. The van der Waals surface area contributed by atoms with Crippen molar-refractivity contribution < 1.29 is 4.42 Å². The first-order valence-corrected chi connectivity index (χ1v) is 5.93. The fourth-order valence-corrected chi connectivity index (χ4v) is 1.87. The van der Waals surface area contributed by atoms with E-state index in [9.17, 15) is 0 Å². The highest BCUT2D eigenvalue weighted by Gasteiger charge is 2.16. The highest BCUT2D eigenvalue weighted by Crippen LogP contribution is 2.27. The Kier molecular flexibility index (Phi) is 3.44. The smallest absolute Gasteiger partial charge is 0.169 e. The van der Waals surface area contributed by atoms with Gasteiger partial charge in [-0.1, -0.05) is 17.4 Å². The minimum absolute atomic E-state index is 0.323. The molecule has 0 unspecified atom stereocenters. The fraction of sp³-hybridized carbons (Fsp3) is 0.273. The van der Waals surface area contributed by atoms with Crippen LogP contribution in [0.25, 0.3) is 11.5 Å². The molecule has 6 heteroatoms. The van der Waals surface area contributed by atoms with Gasteiger partial charge in [-0.15, -0.1) is 5.10 Å². The van der Waals surface area contributed by atoms with Crippen LogP contribution in [0.15, 0.2) is 33.4 Å². The third kappa shape index (κ3) is 2.48. The van der Waals surface area contributed by atoms with E-state index >= 15 is 0 Å². The molecule has 90 valence electrons. The predicted octanol–water partition coefficient (Wildman–Crippen LogP) is 2.34. The molecule has 0 spiro atoms. The van der Waals surface area contributed by atoms with Gasteiger partial charge in [-0.3, -0.25) is 0 Å². The third-order valence-electron chi connectivity index (χ3n) is 2.22. The van der Waals surface area contributed by atoms with Crippen LogP contribution >= 0.6 is 15.9 Å². The highest BCUT2D eigenvalue weighted by molar-refractivity contribution is 9.10. The van der Waals surface area contributed by atoms with Gasteiger partial charge in [-0.2, -0.15) is 0 Å². The molecule has 2 N–H and O–H groups in total. The van der Waals surface area contributed by atoms with Crippen molar-refractivity contribution in [1.29, 1.82) is 0 Å². The maximum atomic E-state index is 5.65. The van der Waals surface area contributed by atoms with Crippen molar-refractivity contribution >= 4 is 15.9 Å². The number of allylic oxidation sites excluding steroid dienone is 1.